The fourth-order valence-electron chi connectivity index (χ4n) is 2.01. The van der Waals surface area contributed by atoms with Crippen molar-refractivity contribution in [1.82, 2.24) is 0 Å². The Labute approximate surface area is 134 Å². The molecule has 0 atom stereocenters. The van der Waals surface area contributed by atoms with Gasteiger partial charge in [0.05, 0.1) is 5.02 Å². The first-order chi connectivity index (χ1) is 10.7. The van der Waals surface area contributed by atoms with Crippen molar-refractivity contribution >= 4 is 28.7 Å². The van der Waals surface area contributed by atoms with Gasteiger partial charge in [-0.3, -0.25) is 0 Å². The number of hydrogen-bond donors (Lipinski definition) is 2. The van der Waals surface area contributed by atoms with Crippen LogP contribution < -0.4 is 15.8 Å². The number of halogens is 1. The Kier molecular flexibility index (Phi) is 4.17. The molecule has 0 heterocycles. The highest BCUT2D eigenvalue weighted by atomic mass is 35.5. The van der Waals surface area contributed by atoms with Crippen molar-refractivity contribution in [3.05, 3.63) is 77.8 Å². The van der Waals surface area contributed by atoms with E-state index in [1.165, 1.54) is 0 Å². The highest BCUT2D eigenvalue weighted by Crippen LogP contribution is 2.32. The molecule has 3 N–H and O–H groups in total. The predicted octanol–water partition coefficient (Wildman–Crippen LogP) is 5.46. The molecule has 0 saturated carbocycles. The average Bonchev–Trinajstić information content (AvgIpc) is 2.53. The maximum absolute atomic E-state index is 6.29. The number of nitrogens with two attached hydrogens (primary N) is 1. The van der Waals surface area contributed by atoms with Crippen molar-refractivity contribution in [2.45, 2.75) is 0 Å². The highest BCUT2D eigenvalue weighted by Gasteiger charge is 2.05. The van der Waals surface area contributed by atoms with Gasteiger partial charge in [-0.1, -0.05) is 29.8 Å². The molecule has 0 aliphatic rings. The fraction of sp³-hybridized carbons (Fsp3) is 0. The van der Waals surface area contributed by atoms with Crippen molar-refractivity contribution < 1.29 is 4.74 Å². The molecule has 0 saturated heterocycles. The van der Waals surface area contributed by atoms with Crippen LogP contribution in [0.5, 0.6) is 11.5 Å². The van der Waals surface area contributed by atoms with Gasteiger partial charge in [-0.05, 0) is 54.6 Å². The van der Waals surface area contributed by atoms with Gasteiger partial charge < -0.3 is 15.8 Å². The first kappa shape index (κ1) is 14.3. The third-order valence-electron chi connectivity index (χ3n) is 3.10. The Morgan fingerprint density at radius 1 is 0.818 bits per heavy atom. The van der Waals surface area contributed by atoms with Crippen molar-refractivity contribution in [2.24, 2.45) is 0 Å². The minimum atomic E-state index is 0.540. The lowest BCUT2D eigenvalue weighted by molar-refractivity contribution is 0.483. The van der Waals surface area contributed by atoms with E-state index in [9.17, 15) is 0 Å². The normalized spacial score (nSPS) is 10.2. The van der Waals surface area contributed by atoms with Crippen LogP contribution in [0.2, 0.25) is 5.02 Å². The molecule has 3 aromatic carbocycles. The van der Waals surface area contributed by atoms with E-state index in [-0.39, 0.29) is 0 Å². The molecule has 0 unspecified atom stereocenters. The number of nitrogen functional groups attached to an aromatic ring is 1. The maximum Gasteiger partial charge on any atom is 0.146 e. The van der Waals surface area contributed by atoms with Gasteiger partial charge in [0, 0.05) is 17.1 Å². The molecule has 110 valence electrons. The van der Waals surface area contributed by atoms with Crippen molar-refractivity contribution in [1.29, 1.82) is 0 Å². The zero-order valence-electron chi connectivity index (χ0n) is 11.8. The number of rotatable bonds is 4. The summed E-state index contributed by atoms with van der Waals surface area (Å²) in [4.78, 5) is 0. The van der Waals surface area contributed by atoms with Crippen LogP contribution in [0.3, 0.4) is 0 Å². The lowest BCUT2D eigenvalue weighted by Crippen LogP contribution is -1.91. The molecule has 0 aromatic heterocycles. The molecule has 3 rings (SSSR count). The molecule has 22 heavy (non-hydrogen) atoms. The van der Waals surface area contributed by atoms with Crippen molar-refractivity contribution in [3.8, 4) is 11.5 Å². The van der Waals surface area contributed by atoms with Gasteiger partial charge in [0.2, 0.25) is 0 Å². The summed E-state index contributed by atoms with van der Waals surface area (Å²) in [5.41, 5.74) is 8.26. The third kappa shape index (κ3) is 3.51. The molecule has 0 aliphatic heterocycles. The standard InChI is InChI=1S/C18H15ClN2O/c19-17-12-15(21-14-4-2-1-3-5-14)8-11-18(17)22-16-9-6-13(20)7-10-16/h1-12,21H,20H2. The second-order valence-corrected chi connectivity index (χ2v) is 5.21. The van der Waals surface area contributed by atoms with Crippen LogP contribution in [0.4, 0.5) is 17.1 Å². The molecule has 0 aliphatic carbocycles. The Hall–Kier alpha value is -2.65. The molecular formula is C18H15ClN2O. The van der Waals surface area contributed by atoms with E-state index in [2.05, 4.69) is 5.32 Å². The van der Waals surface area contributed by atoms with Gasteiger partial charge in [0.1, 0.15) is 11.5 Å². The van der Waals surface area contributed by atoms with Crippen molar-refractivity contribution in [2.75, 3.05) is 11.1 Å². The summed E-state index contributed by atoms with van der Waals surface area (Å²) in [6, 6.07) is 22.7. The van der Waals surface area contributed by atoms with Crippen LogP contribution in [0.1, 0.15) is 0 Å². The second kappa shape index (κ2) is 6.41. The fourth-order valence-corrected chi connectivity index (χ4v) is 2.23. The average molecular weight is 311 g/mol. The first-order valence-corrected chi connectivity index (χ1v) is 7.23. The van der Waals surface area contributed by atoms with Crippen LogP contribution in [0.25, 0.3) is 0 Å². The SMILES string of the molecule is Nc1ccc(Oc2ccc(Nc3ccccc3)cc2Cl)cc1. The van der Waals surface area contributed by atoms with E-state index in [0.717, 1.165) is 11.4 Å². The van der Waals surface area contributed by atoms with Crippen LogP contribution in [-0.2, 0) is 0 Å². The molecule has 4 heteroatoms. The Balaban J connectivity index is 1.76. The van der Waals surface area contributed by atoms with Gasteiger partial charge in [0.15, 0.2) is 0 Å². The maximum atomic E-state index is 6.29. The minimum Gasteiger partial charge on any atom is -0.456 e. The Morgan fingerprint density at radius 3 is 2.23 bits per heavy atom. The zero-order valence-corrected chi connectivity index (χ0v) is 12.5. The second-order valence-electron chi connectivity index (χ2n) is 4.81. The first-order valence-electron chi connectivity index (χ1n) is 6.86. The van der Waals surface area contributed by atoms with Crippen LogP contribution in [0.15, 0.2) is 72.8 Å². The molecular weight excluding hydrogens is 296 g/mol. The van der Waals surface area contributed by atoms with E-state index < -0.39 is 0 Å². The van der Waals surface area contributed by atoms with Crippen LogP contribution in [-0.4, -0.2) is 0 Å². The molecule has 0 amide bonds. The van der Waals surface area contributed by atoms with E-state index in [1.54, 1.807) is 12.1 Å². The summed E-state index contributed by atoms with van der Waals surface area (Å²) >= 11 is 6.29. The molecule has 0 spiro atoms. The van der Waals surface area contributed by atoms with E-state index in [1.807, 2.05) is 60.7 Å². The largest absolute Gasteiger partial charge is 0.456 e. The molecule has 0 radical (unpaired) electrons. The van der Waals surface area contributed by atoms with Gasteiger partial charge in [-0.25, -0.2) is 0 Å². The molecule has 0 fully saturated rings. The number of para-hydroxylation sites is 1. The predicted molar refractivity (Wildman–Crippen MR) is 92.1 cm³/mol. The topological polar surface area (TPSA) is 47.3 Å². The summed E-state index contributed by atoms with van der Waals surface area (Å²) in [7, 11) is 0. The number of nitrogens with one attached hydrogen (secondary N) is 1. The number of benzene rings is 3. The van der Waals surface area contributed by atoms with Gasteiger partial charge in [0.25, 0.3) is 0 Å². The smallest absolute Gasteiger partial charge is 0.146 e. The van der Waals surface area contributed by atoms with Crippen LogP contribution in [0, 0.1) is 0 Å². The Bertz CT molecular complexity index is 758. The monoisotopic (exact) mass is 310 g/mol. The highest BCUT2D eigenvalue weighted by molar-refractivity contribution is 6.32. The van der Waals surface area contributed by atoms with Crippen molar-refractivity contribution in [3.63, 3.8) is 0 Å². The quantitative estimate of drug-likeness (QED) is 0.629. The summed E-state index contributed by atoms with van der Waals surface area (Å²) in [6.45, 7) is 0. The Morgan fingerprint density at radius 2 is 1.55 bits per heavy atom. The molecule has 3 nitrogen and oxygen atoms in total. The van der Waals surface area contributed by atoms with Gasteiger partial charge in [-0.2, -0.15) is 0 Å². The lowest BCUT2D eigenvalue weighted by Gasteiger charge is -2.11. The molecule has 3 aromatic rings. The number of anilines is 3. The summed E-state index contributed by atoms with van der Waals surface area (Å²) in [5.74, 6) is 1.30. The third-order valence-corrected chi connectivity index (χ3v) is 3.40. The van der Waals surface area contributed by atoms with Crippen LogP contribution >= 0.6 is 11.6 Å². The molecule has 0 bridgehead atoms. The lowest BCUT2D eigenvalue weighted by atomic mass is 10.2. The van der Waals surface area contributed by atoms with E-state index in [0.29, 0.717) is 22.2 Å². The summed E-state index contributed by atoms with van der Waals surface area (Å²) in [6.07, 6.45) is 0. The van der Waals surface area contributed by atoms with Gasteiger partial charge >= 0.3 is 0 Å². The number of hydrogen-bond acceptors (Lipinski definition) is 3. The van der Waals surface area contributed by atoms with Gasteiger partial charge in [-0.15, -0.1) is 0 Å². The summed E-state index contributed by atoms with van der Waals surface area (Å²) < 4.78 is 5.75. The number of ether oxygens (including phenoxy) is 1. The van der Waals surface area contributed by atoms with E-state index in [4.69, 9.17) is 22.1 Å². The minimum absolute atomic E-state index is 0.540. The zero-order chi connectivity index (χ0) is 15.4. The summed E-state index contributed by atoms with van der Waals surface area (Å²) in [5, 5.41) is 3.83. The van der Waals surface area contributed by atoms with E-state index >= 15 is 0 Å².